The van der Waals surface area contributed by atoms with Crippen molar-refractivity contribution in [3.63, 3.8) is 0 Å². The molecule has 1 saturated heterocycles. The van der Waals surface area contributed by atoms with E-state index in [4.69, 9.17) is 9.47 Å². The SMILES string of the molecule is O=C(COC[C@@H]1CCCCO1)NCc1cccc(C(F)(F)F)c1. The molecular weight excluding hydrogens is 311 g/mol. The minimum absolute atomic E-state index is 0.0278. The third-order valence-electron chi connectivity index (χ3n) is 3.55. The predicted octanol–water partition coefficient (Wildman–Crippen LogP) is 2.91. The Morgan fingerprint density at radius 1 is 1.35 bits per heavy atom. The van der Waals surface area contributed by atoms with Crippen LogP contribution in [0.15, 0.2) is 24.3 Å². The fourth-order valence-corrected chi connectivity index (χ4v) is 2.33. The Hall–Kier alpha value is -1.60. The van der Waals surface area contributed by atoms with Crippen LogP contribution in [0.25, 0.3) is 0 Å². The largest absolute Gasteiger partial charge is 0.416 e. The van der Waals surface area contributed by atoms with Crippen molar-refractivity contribution in [3.8, 4) is 0 Å². The van der Waals surface area contributed by atoms with Gasteiger partial charge in [-0.15, -0.1) is 0 Å². The Labute approximate surface area is 133 Å². The molecule has 128 valence electrons. The van der Waals surface area contributed by atoms with Crippen molar-refractivity contribution in [1.82, 2.24) is 5.32 Å². The number of benzene rings is 1. The lowest BCUT2D eigenvalue weighted by Gasteiger charge is -2.22. The van der Waals surface area contributed by atoms with Gasteiger partial charge >= 0.3 is 6.18 Å². The molecule has 7 heteroatoms. The van der Waals surface area contributed by atoms with Crippen molar-refractivity contribution in [2.24, 2.45) is 0 Å². The monoisotopic (exact) mass is 331 g/mol. The van der Waals surface area contributed by atoms with Crippen molar-refractivity contribution in [3.05, 3.63) is 35.4 Å². The summed E-state index contributed by atoms with van der Waals surface area (Å²) < 4.78 is 48.5. The quantitative estimate of drug-likeness (QED) is 0.872. The molecule has 4 nitrogen and oxygen atoms in total. The van der Waals surface area contributed by atoms with Gasteiger partial charge in [0.05, 0.1) is 18.3 Å². The van der Waals surface area contributed by atoms with Crippen molar-refractivity contribution in [1.29, 1.82) is 0 Å². The number of halogens is 3. The number of rotatable bonds is 6. The summed E-state index contributed by atoms with van der Waals surface area (Å²) in [4.78, 5) is 11.6. The van der Waals surface area contributed by atoms with E-state index in [1.54, 1.807) is 0 Å². The molecule has 2 rings (SSSR count). The summed E-state index contributed by atoms with van der Waals surface area (Å²) >= 11 is 0. The van der Waals surface area contributed by atoms with Crippen molar-refractivity contribution in [2.45, 2.75) is 38.1 Å². The molecule has 1 aliphatic rings. The molecule has 1 heterocycles. The van der Waals surface area contributed by atoms with Gasteiger partial charge in [0, 0.05) is 13.2 Å². The summed E-state index contributed by atoms with van der Waals surface area (Å²) in [6.07, 6.45) is -1.29. The lowest BCUT2D eigenvalue weighted by atomic mass is 10.1. The highest BCUT2D eigenvalue weighted by atomic mass is 19.4. The zero-order valence-electron chi connectivity index (χ0n) is 12.7. The van der Waals surface area contributed by atoms with Gasteiger partial charge < -0.3 is 14.8 Å². The summed E-state index contributed by atoms with van der Waals surface area (Å²) in [5, 5.41) is 2.54. The smallest absolute Gasteiger partial charge is 0.376 e. The number of ether oxygens (including phenoxy) is 2. The Balaban J connectivity index is 1.69. The Morgan fingerprint density at radius 3 is 2.87 bits per heavy atom. The van der Waals surface area contributed by atoms with Gasteiger partial charge in [0.2, 0.25) is 5.91 Å². The molecule has 0 saturated carbocycles. The van der Waals surface area contributed by atoms with E-state index >= 15 is 0 Å². The van der Waals surface area contributed by atoms with Gasteiger partial charge in [0.25, 0.3) is 0 Å². The molecule has 1 fully saturated rings. The van der Waals surface area contributed by atoms with E-state index < -0.39 is 11.7 Å². The number of amides is 1. The van der Waals surface area contributed by atoms with Crippen LogP contribution in [0.4, 0.5) is 13.2 Å². The Morgan fingerprint density at radius 2 is 2.17 bits per heavy atom. The number of carbonyl (C=O) groups excluding carboxylic acids is 1. The highest BCUT2D eigenvalue weighted by Crippen LogP contribution is 2.29. The Bertz CT molecular complexity index is 514. The highest BCUT2D eigenvalue weighted by Gasteiger charge is 2.30. The molecule has 0 bridgehead atoms. The average molecular weight is 331 g/mol. The first kappa shape index (κ1) is 17.7. The topological polar surface area (TPSA) is 47.6 Å². The van der Waals surface area contributed by atoms with Gasteiger partial charge in [-0.1, -0.05) is 12.1 Å². The van der Waals surface area contributed by atoms with Gasteiger partial charge in [0.15, 0.2) is 0 Å². The zero-order chi connectivity index (χ0) is 16.7. The molecule has 1 amide bonds. The standard InChI is InChI=1S/C16H20F3NO3/c17-16(18,19)13-5-3-4-12(8-13)9-20-15(21)11-22-10-14-6-1-2-7-23-14/h3-5,8,14H,1-2,6-7,9-11H2,(H,20,21)/t14-/m0/s1. The van der Waals surface area contributed by atoms with Crippen molar-refractivity contribution in [2.75, 3.05) is 19.8 Å². The summed E-state index contributed by atoms with van der Waals surface area (Å²) in [7, 11) is 0. The molecule has 0 aliphatic carbocycles. The minimum atomic E-state index is -4.39. The molecule has 0 radical (unpaired) electrons. The number of alkyl halides is 3. The molecule has 0 aromatic heterocycles. The first-order valence-corrected chi connectivity index (χ1v) is 7.57. The van der Waals surface area contributed by atoms with E-state index in [0.717, 1.165) is 38.0 Å². The maximum atomic E-state index is 12.6. The first-order chi connectivity index (χ1) is 10.9. The molecule has 1 aromatic rings. The molecule has 1 aliphatic heterocycles. The fourth-order valence-electron chi connectivity index (χ4n) is 2.33. The second kappa shape index (κ2) is 8.31. The number of hydrogen-bond acceptors (Lipinski definition) is 3. The van der Waals surface area contributed by atoms with Gasteiger partial charge in [-0.3, -0.25) is 4.79 Å². The lowest BCUT2D eigenvalue weighted by molar-refractivity contribution is -0.137. The fraction of sp³-hybridized carbons (Fsp3) is 0.562. The van der Waals surface area contributed by atoms with Crippen LogP contribution in [0.1, 0.15) is 30.4 Å². The van der Waals surface area contributed by atoms with Gasteiger partial charge in [-0.25, -0.2) is 0 Å². The second-order valence-electron chi connectivity index (χ2n) is 5.48. The van der Waals surface area contributed by atoms with Crippen LogP contribution in [0.3, 0.4) is 0 Å². The minimum Gasteiger partial charge on any atom is -0.376 e. The number of nitrogens with one attached hydrogen (secondary N) is 1. The van der Waals surface area contributed by atoms with Crippen molar-refractivity contribution < 1.29 is 27.4 Å². The number of carbonyl (C=O) groups is 1. The molecule has 1 aromatic carbocycles. The van der Waals surface area contributed by atoms with Gasteiger partial charge in [-0.2, -0.15) is 13.2 Å². The lowest BCUT2D eigenvalue weighted by Crippen LogP contribution is -2.30. The maximum absolute atomic E-state index is 12.6. The van der Waals surface area contributed by atoms with Crippen LogP contribution < -0.4 is 5.32 Å². The van der Waals surface area contributed by atoms with E-state index in [2.05, 4.69) is 5.32 Å². The zero-order valence-corrected chi connectivity index (χ0v) is 12.7. The van der Waals surface area contributed by atoms with Crippen LogP contribution in [0.2, 0.25) is 0 Å². The molecular formula is C16H20F3NO3. The maximum Gasteiger partial charge on any atom is 0.416 e. The molecule has 23 heavy (non-hydrogen) atoms. The van der Waals surface area contributed by atoms with Crippen LogP contribution in [-0.4, -0.2) is 31.8 Å². The van der Waals surface area contributed by atoms with Crippen molar-refractivity contribution >= 4 is 5.91 Å². The summed E-state index contributed by atoms with van der Waals surface area (Å²) in [5.41, 5.74) is -0.335. The first-order valence-electron chi connectivity index (χ1n) is 7.57. The summed E-state index contributed by atoms with van der Waals surface area (Å²) in [6.45, 7) is 0.984. The van der Waals surface area contributed by atoms with E-state index in [9.17, 15) is 18.0 Å². The molecule has 0 unspecified atom stereocenters. The van der Waals surface area contributed by atoms with Crippen LogP contribution >= 0.6 is 0 Å². The van der Waals surface area contributed by atoms with Crippen LogP contribution in [0, 0.1) is 0 Å². The highest BCUT2D eigenvalue weighted by molar-refractivity contribution is 5.77. The Kier molecular flexibility index (Phi) is 6.41. The predicted molar refractivity (Wildman–Crippen MR) is 77.7 cm³/mol. The summed E-state index contributed by atoms with van der Waals surface area (Å²) in [5.74, 6) is -0.363. The average Bonchev–Trinajstić information content (AvgIpc) is 2.53. The van der Waals surface area contributed by atoms with Gasteiger partial charge in [-0.05, 0) is 37.0 Å². The number of hydrogen-bond donors (Lipinski definition) is 1. The van der Waals surface area contributed by atoms with E-state index in [0.29, 0.717) is 12.2 Å². The third-order valence-corrected chi connectivity index (χ3v) is 3.55. The van der Waals surface area contributed by atoms with E-state index in [1.807, 2.05) is 0 Å². The second-order valence-corrected chi connectivity index (χ2v) is 5.48. The summed E-state index contributed by atoms with van der Waals surface area (Å²) in [6, 6.07) is 4.88. The molecule has 1 N–H and O–H groups in total. The molecule has 0 spiro atoms. The third kappa shape index (κ3) is 6.19. The van der Waals surface area contributed by atoms with Crippen LogP contribution in [0.5, 0.6) is 0 Å². The van der Waals surface area contributed by atoms with E-state index in [1.165, 1.54) is 12.1 Å². The van der Waals surface area contributed by atoms with E-state index in [-0.39, 0.29) is 25.2 Å². The normalized spacial score (nSPS) is 18.7. The van der Waals surface area contributed by atoms with Crippen LogP contribution in [-0.2, 0) is 27.0 Å². The van der Waals surface area contributed by atoms with Gasteiger partial charge in [0.1, 0.15) is 6.61 Å². The molecule has 1 atom stereocenters.